The summed E-state index contributed by atoms with van der Waals surface area (Å²) in [4.78, 5) is 2.08. The van der Waals surface area contributed by atoms with Gasteiger partial charge >= 0.3 is 6.18 Å². The summed E-state index contributed by atoms with van der Waals surface area (Å²) in [6, 6.07) is 4.93. The Kier molecular flexibility index (Phi) is 8.12. The Morgan fingerprint density at radius 2 is 1.83 bits per heavy atom. The van der Waals surface area contributed by atoms with Crippen LogP contribution >= 0.6 is 12.4 Å². The Hall–Kier alpha value is -1.18. The lowest BCUT2D eigenvalue weighted by Gasteiger charge is -2.36. The molecular weight excluding hydrogens is 345 g/mol. The zero-order valence-electron chi connectivity index (χ0n) is 13.9. The third-order valence-corrected chi connectivity index (χ3v) is 4.09. The molecule has 0 aromatic heterocycles. The van der Waals surface area contributed by atoms with Crippen molar-refractivity contribution in [1.82, 2.24) is 10.2 Å². The summed E-state index contributed by atoms with van der Waals surface area (Å²) in [5.41, 5.74) is 0.748. The Bertz CT molecular complexity index is 509. The summed E-state index contributed by atoms with van der Waals surface area (Å²) in [5, 5.41) is 3.22. The van der Waals surface area contributed by atoms with Crippen molar-refractivity contribution in [2.75, 3.05) is 40.4 Å². The van der Waals surface area contributed by atoms with Gasteiger partial charge in [0.1, 0.15) is 11.5 Å². The molecule has 1 fully saturated rings. The van der Waals surface area contributed by atoms with Crippen molar-refractivity contribution in [1.29, 1.82) is 0 Å². The molecule has 1 atom stereocenters. The highest BCUT2D eigenvalue weighted by atomic mass is 35.5. The van der Waals surface area contributed by atoms with Crippen molar-refractivity contribution < 1.29 is 22.6 Å². The number of nitrogens with one attached hydrogen (secondary N) is 1. The van der Waals surface area contributed by atoms with Gasteiger partial charge in [0.05, 0.1) is 14.2 Å². The summed E-state index contributed by atoms with van der Waals surface area (Å²) in [7, 11) is 3.07. The summed E-state index contributed by atoms with van der Waals surface area (Å²) in [5.74, 6) is 1.21. The average Bonchev–Trinajstić information content (AvgIpc) is 2.55. The number of piperazine rings is 1. The molecule has 0 radical (unpaired) electrons. The first-order chi connectivity index (χ1) is 10.9. The fourth-order valence-corrected chi connectivity index (χ4v) is 2.93. The molecule has 0 aliphatic carbocycles. The number of benzene rings is 1. The second-order valence-corrected chi connectivity index (χ2v) is 5.56. The van der Waals surface area contributed by atoms with Crippen molar-refractivity contribution in [3.8, 4) is 11.5 Å². The highest BCUT2D eigenvalue weighted by Gasteiger charge is 2.32. The third-order valence-electron chi connectivity index (χ3n) is 4.09. The van der Waals surface area contributed by atoms with E-state index in [1.54, 1.807) is 25.3 Å². The van der Waals surface area contributed by atoms with E-state index in [0.717, 1.165) is 18.7 Å². The minimum atomic E-state index is -4.17. The number of alkyl halides is 3. The number of halogens is 4. The van der Waals surface area contributed by atoms with Crippen LogP contribution < -0.4 is 14.8 Å². The second-order valence-electron chi connectivity index (χ2n) is 5.56. The van der Waals surface area contributed by atoms with E-state index in [4.69, 9.17) is 9.47 Å². The molecule has 8 heteroatoms. The lowest BCUT2D eigenvalue weighted by Crippen LogP contribution is -2.45. The molecule has 2 rings (SSSR count). The molecule has 1 aliphatic heterocycles. The van der Waals surface area contributed by atoms with Crippen LogP contribution in [-0.2, 0) is 0 Å². The number of hydrogen-bond donors (Lipinski definition) is 1. The Balaban J connectivity index is 0.00000288. The van der Waals surface area contributed by atoms with Gasteiger partial charge in [-0.1, -0.05) is 0 Å². The van der Waals surface area contributed by atoms with Crippen LogP contribution in [0.15, 0.2) is 18.2 Å². The van der Waals surface area contributed by atoms with Crippen LogP contribution in [0.25, 0.3) is 0 Å². The van der Waals surface area contributed by atoms with E-state index in [-0.39, 0.29) is 24.9 Å². The first kappa shape index (κ1) is 20.9. The molecule has 1 saturated heterocycles. The molecule has 0 amide bonds. The molecule has 1 aliphatic rings. The van der Waals surface area contributed by atoms with E-state index in [2.05, 4.69) is 10.2 Å². The van der Waals surface area contributed by atoms with Gasteiger partial charge in [-0.15, -0.1) is 12.4 Å². The van der Waals surface area contributed by atoms with Gasteiger partial charge in [0.2, 0.25) is 0 Å². The maximum atomic E-state index is 12.7. The van der Waals surface area contributed by atoms with E-state index < -0.39 is 12.6 Å². The normalized spacial score (nSPS) is 17.0. The molecule has 138 valence electrons. The van der Waals surface area contributed by atoms with Gasteiger partial charge in [0, 0.05) is 44.2 Å². The molecule has 1 heterocycles. The van der Waals surface area contributed by atoms with Crippen molar-refractivity contribution in [2.45, 2.75) is 25.1 Å². The van der Waals surface area contributed by atoms with E-state index in [1.807, 2.05) is 0 Å². The lowest BCUT2D eigenvalue weighted by atomic mass is 9.98. The van der Waals surface area contributed by atoms with Crippen LogP contribution in [0.2, 0.25) is 0 Å². The van der Waals surface area contributed by atoms with Crippen LogP contribution in [0, 0.1) is 0 Å². The van der Waals surface area contributed by atoms with E-state index in [0.29, 0.717) is 24.6 Å². The van der Waals surface area contributed by atoms with Crippen LogP contribution in [0.1, 0.15) is 24.4 Å². The molecule has 1 aromatic carbocycles. The first-order valence-corrected chi connectivity index (χ1v) is 7.68. The van der Waals surface area contributed by atoms with Crippen molar-refractivity contribution in [2.24, 2.45) is 0 Å². The smallest absolute Gasteiger partial charge is 0.389 e. The third kappa shape index (κ3) is 5.72. The lowest BCUT2D eigenvalue weighted by molar-refractivity contribution is -0.138. The van der Waals surface area contributed by atoms with Gasteiger partial charge in [-0.25, -0.2) is 0 Å². The standard InChI is InChI=1S/C16H23F3N2O2.ClH/c1-22-12-3-4-15(23-2)13(11-12)14(5-6-16(17,18)19)21-9-7-20-8-10-21;/h3-4,11,14,20H,5-10H2,1-2H3;1H/t14-;/m0./s1. The predicted molar refractivity (Wildman–Crippen MR) is 89.3 cm³/mol. The zero-order chi connectivity index (χ0) is 16.9. The van der Waals surface area contributed by atoms with Crippen LogP contribution in [0.4, 0.5) is 13.2 Å². The summed E-state index contributed by atoms with van der Waals surface area (Å²) in [6.07, 6.45) is -4.98. The van der Waals surface area contributed by atoms with Gasteiger partial charge < -0.3 is 14.8 Å². The Morgan fingerprint density at radius 3 is 2.38 bits per heavy atom. The van der Waals surface area contributed by atoms with Crippen LogP contribution in [0.5, 0.6) is 11.5 Å². The van der Waals surface area contributed by atoms with Crippen LogP contribution in [-0.4, -0.2) is 51.5 Å². The molecule has 0 unspecified atom stereocenters. The molecule has 1 aromatic rings. The number of ether oxygens (including phenoxy) is 2. The summed E-state index contributed by atoms with van der Waals surface area (Å²) >= 11 is 0. The monoisotopic (exact) mass is 368 g/mol. The first-order valence-electron chi connectivity index (χ1n) is 7.68. The number of hydrogen-bond acceptors (Lipinski definition) is 4. The highest BCUT2D eigenvalue weighted by molar-refractivity contribution is 5.85. The molecule has 0 saturated carbocycles. The van der Waals surface area contributed by atoms with Gasteiger partial charge in [-0.05, 0) is 24.6 Å². The predicted octanol–water partition coefficient (Wildman–Crippen LogP) is 3.41. The van der Waals surface area contributed by atoms with Gasteiger partial charge in [0.25, 0.3) is 0 Å². The largest absolute Gasteiger partial charge is 0.497 e. The number of rotatable bonds is 6. The fourth-order valence-electron chi connectivity index (χ4n) is 2.93. The SMILES string of the molecule is COc1ccc(OC)c([C@H](CCC(F)(F)F)N2CCNCC2)c1.Cl. The van der Waals surface area contributed by atoms with Gasteiger partial charge in [-0.2, -0.15) is 13.2 Å². The second kappa shape index (κ2) is 9.34. The summed E-state index contributed by atoms with van der Waals surface area (Å²) in [6.45, 7) is 2.97. The van der Waals surface area contributed by atoms with Crippen molar-refractivity contribution in [3.05, 3.63) is 23.8 Å². The maximum absolute atomic E-state index is 12.7. The van der Waals surface area contributed by atoms with E-state index in [9.17, 15) is 13.2 Å². The van der Waals surface area contributed by atoms with Crippen LogP contribution in [0.3, 0.4) is 0 Å². The van der Waals surface area contributed by atoms with Crippen molar-refractivity contribution >= 4 is 12.4 Å². The number of methoxy groups -OCH3 is 2. The molecule has 4 nitrogen and oxygen atoms in total. The highest BCUT2D eigenvalue weighted by Crippen LogP contribution is 2.37. The molecule has 1 N–H and O–H groups in total. The average molecular weight is 369 g/mol. The number of nitrogens with zero attached hydrogens (tertiary/aromatic N) is 1. The van der Waals surface area contributed by atoms with Gasteiger partial charge in [-0.3, -0.25) is 4.90 Å². The molecular formula is C16H24ClF3N2O2. The molecule has 24 heavy (non-hydrogen) atoms. The molecule has 0 spiro atoms. The van der Waals surface area contributed by atoms with E-state index >= 15 is 0 Å². The Morgan fingerprint density at radius 1 is 1.17 bits per heavy atom. The quantitative estimate of drug-likeness (QED) is 0.834. The Labute approximate surface area is 146 Å². The maximum Gasteiger partial charge on any atom is 0.389 e. The zero-order valence-corrected chi connectivity index (χ0v) is 14.7. The molecule has 0 bridgehead atoms. The van der Waals surface area contributed by atoms with Crippen molar-refractivity contribution in [3.63, 3.8) is 0 Å². The van der Waals surface area contributed by atoms with Gasteiger partial charge in [0.15, 0.2) is 0 Å². The minimum absolute atomic E-state index is 0. The topological polar surface area (TPSA) is 33.7 Å². The fraction of sp³-hybridized carbons (Fsp3) is 0.625. The summed E-state index contributed by atoms with van der Waals surface area (Å²) < 4.78 is 48.8. The minimum Gasteiger partial charge on any atom is -0.497 e. The van der Waals surface area contributed by atoms with E-state index in [1.165, 1.54) is 7.11 Å².